The third-order valence-electron chi connectivity index (χ3n) is 1.78. The van der Waals surface area contributed by atoms with E-state index in [0.717, 1.165) is 5.56 Å². The summed E-state index contributed by atoms with van der Waals surface area (Å²) in [7, 11) is 0. The molecule has 0 aliphatic heterocycles. The zero-order valence-corrected chi connectivity index (χ0v) is 13.9. The van der Waals surface area contributed by atoms with Crippen molar-refractivity contribution in [3.8, 4) is 0 Å². The van der Waals surface area contributed by atoms with Crippen LogP contribution in [0, 0.1) is 13.1 Å². The number of hydrogen-bond donors (Lipinski definition) is 0. The molecule has 0 spiro atoms. The fraction of sp³-hybridized carbons (Fsp3) is 0.500. The molecule has 4 heteroatoms. The number of aromatic nitrogens is 1. The maximum atomic E-state index is 12.6. The van der Waals surface area contributed by atoms with E-state index in [4.69, 9.17) is 4.74 Å². The molecule has 1 aromatic rings. The van der Waals surface area contributed by atoms with Gasteiger partial charge in [-0.1, -0.05) is 12.4 Å². The van der Waals surface area contributed by atoms with Gasteiger partial charge in [-0.2, -0.15) is 13.0 Å². The number of nitrogens with zero attached hydrogens (tertiary/aromatic N) is 1. The van der Waals surface area contributed by atoms with Crippen LogP contribution in [0.25, 0.3) is 0 Å². The van der Waals surface area contributed by atoms with Crippen LogP contribution in [0.3, 0.4) is 0 Å². The number of alkyl halides is 1. The Morgan fingerprint density at radius 3 is 2.44 bits per heavy atom. The van der Waals surface area contributed by atoms with E-state index >= 15 is 0 Å². The molecule has 0 radical (unpaired) electrons. The van der Waals surface area contributed by atoms with Gasteiger partial charge in [-0.15, -0.1) is 11.6 Å². The van der Waals surface area contributed by atoms with Crippen LogP contribution in [0.4, 0.5) is 4.39 Å². The third kappa shape index (κ3) is 7.09. The molecule has 0 aliphatic carbocycles. The zero-order valence-electron chi connectivity index (χ0n) is 10.7. The molecule has 86 valence electrons. The van der Waals surface area contributed by atoms with Crippen LogP contribution in [0.2, 0.25) is 0 Å². The summed E-state index contributed by atoms with van der Waals surface area (Å²) < 4.78 is 17.7. The average molecular weight is 250 g/mol. The molecule has 1 unspecified atom stereocenters. The summed E-state index contributed by atoms with van der Waals surface area (Å²) in [5.74, 6) is 0. The van der Waals surface area contributed by atoms with Gasteiger partial charge in [0.05, 0.1) is 0 Å². The molecule has 1 rings (SSSR count). The Morgan fingerprint density at radius 2 is 2.06 bits per heavy atom. The number of pyridine rings is 1. The molecule has 16 heavy (non-hydrogen) atoms. The van der Waals surface area contributed by atoms with Crippen molar-refractivity contribution >= 4 is 0 Å². The summed E-state index contributed by atoms with van der Waals surface area (Å²) in [4.78, 5) is 3.76. The van der Waals surface area contributed by atoms with Gasteiger partial charge in [0.2, 0.25) is 0 Å². The summed E-state index contributed by atoms with van der Waals surface area (Å²) in [6.45, 7) is 9.99. The molecule has 0 N–H and O–H groups in total. The minimum absolute atomic E-state index is 0. The smallest absolute Gasteiger partial charge is 0.394 e. The Morgan fingerprint density at radius 1 is 1.50 bits per heavy atom. The van der Waals surface area contributed by atoms with Crippen molar-refractivity contribution in [3.05, 3.63) is 37.0 Å². The summed E-state index contributed by atoms with van der Waals surface area (Å²) in [6.07, 6.45) is 3.03. The van der Waals surface area contributed by atoms with Gasteiger partial charge in [-0.25, -0.2) is 4.39 Å². The SMILES string of the molecule is CC(F)OC(C)(C)c1c[c-]ncc1.[CH2-]C.[K+]. The van der Waals surface area contributed by atoms with Crippen LogP contribution >= 0.6 is 0 Å². The van der Waals surface area contributed by atoms with Crippen LogP contribution < -0.4 is 51.4 Å². The number of hydrogen-bond acceptors (Lipinski definition) is 2. The second-order valence-corrected chi connectivity index (χ2v) is 3.34. The van der Waals surface area contributed by atoms with E-state index in [1.54, 1.807) is 25.3 Å². The van der Waals surface area contributed by atoms with Crippen LogP contribution in [0.15, 0.2) is 18.3 Å². The summed E-state index contributed by atoms with van der Waals surface area (Å²) in [5, 5.41) is 0. The molecule has 2 nitrogen and oxygen atoms in total. The molecule has 0 fully saturated rings. The summed E-state index contributed by atoms with van der Waals surface area (Å²) in [5.41, 5.74) is 0.236. The van der Waals surface area contributed by atoms with Crippen LogP contribution in [-0.2, 0) is 10.3 Å². The first-order valence-electron chi connectivity index (χ1n) is 4.87. The van der Waals surface area contributed by atoms with E-state index in [-0.39, 0.29) is 51.4 Å². The van der Waals surface area contributed by atoms with Crippen molar-refractivity contribution in [1.29, 1.82) is 0 Å². The molecule has 0 bridgehead atoms. The predicted octanol–water partition coefficient (Wildman–Crippen LogP) is 0.293. The largest absolute Gasteiger partial charge is 1.00 e. The van der Waals surface area contributed by atoms with E-state index in [0.29, 0.717) is 0 Å². The van der Waals surface area contributed by atoms with E-state index in [1.165, 1.54) is 6.92 Å². The van der Waals surface area contributed by atoms with Crippen molar-refractivity contribution in [2.24, 2.45) is 0 Å². The zero-order chi connectivity index (χ0) is 11.9. The molecule has 0 aliphatic rings. The molecular weight excluding hydrogens is 232 g/mol. The Labute approximate surface area is 140 Å². The van der Waals surface area contributed by atoms with Crippen LogP contribution in [-0.4, -0.2) is 11.3 Å². The minimum Gasteiger partial charge on any atom is -0.394 e. The van der Waals surface area contributed by atoms with Gasteiger partial charge >= 0.3 is 51.4 Å². The maximum absolute atomic E-state index is 12.6. The van der Waals surface area contributed by atoms with Crippen molar-refractivity contribution < 1.29 is 60.5 Å². The topological polar surface area (TPSA) is 22.1 Å². The standard InChI is InChI=1S/C10H13FNO.C2H5.K/c1-8(11)13-10(2,3)9-4-6-12-7-5-9;1-2;/h4-6,8H,1-3H3;1H2,2H3;/q2*-1;+1. The average Bonchev–Trinajstić information content (AvgIpc) is 2.20. The Balaban J connectivity index is 0. The van der Waals surface area contributed by atoms with Crippen LogP contribution in [0.1, 0.15) is 33.3 Å². The Kier molecular flexibility index (Phi) is 11.5. The van der Waals surface area contributed by atoms with Gasteiger partial charge in [0, 0.05) is 5.60 Å². The molecule has 0 saturated carbocycles. The third-order valence-corrected chi connectivity index (χ3v) is 1.78. The van der Waals surface area contributed by atoms with Gasteiger partial charge in [-0.3, -0.25) is 0 Å². The maximum Gasteiger partial charge on any atom is 1.00 e. The van der Waals surface area contributed by atoms with Gasteiger partial charge in [0.1, 0.15) is 0 Å². The molecule has 1 aromatic heterocycles. The number of halogens is 1. The van der Waals surface area contributed by atoms with Gasteiger partial charge < -0.3 is 16.6 Å². The Hall–Kier alpha value is 0.676. The van der Waals surface area contributed by atoms with Crippen LogP contribution in [0.5, 0.6) is 0 Å². The quantitative estimate of drug-likeness (QED) is 0.568. The van der Waals surface area contributed by atoms with Crippen molar-refractivity contribution in [2.75, 3.05) is 0 Å². The molecule has 0 aromatic carbocycles. The van der Waals surface area contributed by atoms with Gasteiger partial charge in [0.25, 0.3) is 0 Å². The summed E-state index contributed by atoms with van der Waals surface area (Å²) >= 11 is 0. The Bertz CT molecular complexity index is 265. The minimum atomic E-state index is -1.27. The fourth-order valence-electron chi connectivity index (χ4n) is 1.16. The molecule has 0 saturated heterocycles. The van der Waals surface area contributed by atoms with Crippen molar-refractivity contribution in [2.45, 2.75) is 39.7 Å². The normalized spacial score (nSPS) is 11.9. The first-order chi connectivity index (χ1) is 7.02. The molecule has 1 atom stereocenters. The predicted molar refractivity (Wildman–Crippen MR) is 58.8 cm³/mol. The summed E-state index contributed by atoms with van der Waals surface area (Å²) in [6, 6.07) is 3.49. The first-order valence-corrected chi connectivity index (χ1v) is 4.87. The molecule has 1 heterocycles. The van der Waals surface area contributed by atoms with Gasteiger partial charge in [0.15, 0.2) is 6.36 Å². The van der Waals surface area contributed by atoms with Crippen molar-refractivity contribution in [3.63, 3.8) is 0 Å². The van der Waals surface area contributed by atoms with E-state index in [9.17, 15) is 4.39 Å². The van der Waals surface area contributed by atoms with E-state index in [2.05, 4.69) is 18.1 Å². The molecule has 0 amide bonds. The number of rotatable bonds is 3. The molecular formula is C12H18FKNO-. The second kappa shape index (κ2) is 9.68. The van der Waals surface area contributed by atoms with E-state index < -0.39 is 12.0 Å². The second-order valence-electron chi connectivity index (χ2n) is 3.34. The van der Waals surface area contributed by atoms with Gasteiger partial charge in [-0.05, 0) is 20.8 Å². The first kappa shape index (κ1) is 19.0. The van der Waals surface area contributed by atoms with E-state index in [1.807, 2.05) is 13.8 Å². The fourth-order valence-corrected chi connectivity index (χ4v) is 1.16. The van der Waals surface area contributed by atoms with Crippen molar-refractivity contribution in [1.82, 2.24) is 4.98 Å². The monoisotopic (exact) mass is 250 g/mol. The number of ether oxygens (including phenoxy) is 1.